The summed E-state index contributed by atoms with van der Waals surface area (Å²) in [5.74, 6) is -5.09. The molecule has 16 heteroatoms. The van der Waals surface area contributed by atoms with Crippen molar-refractivity contribution in [2.24, 2.45) is 0 Å². The topological polar surface area (TPSA) is 247 Å². The van der Waals surface area contributed by atoms with Crippen LogP contribution in [0.15, 0.2) is 0 Å². The Hall–Kier alpha value is -3.79. The van der Waals surface area contributed by atoms with Gasteiger partial charge in [-0.15, -0.1) is 0 Å². The molecule has 16 nitrogen and oxygen atoms in total. The molecule has 0 bridgehead atoms. The number of aliphatic carboxylic acids is 3. The molecule has 0 fully saturated rings. The molecule has 7 N–H and O–H groups in total. The van der Waals surface area contributed by atoms with Gasteiger partial charge in [0.25, 0.3) is 0 Å². The molecule has 1 unspecified atom stereocenters. The molecule has 324 valence electrons. The van der Waals surface area contributed by atoms with Gasteiger partial charge in [-0.25, -0.2) is 0 Å². The van der Waals surface area contributed by atoms with E-state index in [1.54, 1.807) is 0 Å². The highest BCUT2D eigenvalue weighted by Crippen LogP contribution is 2.14. The van der Waals surface area contributed by atoms with Gasteiger partial charge in [0, 0.05) is 38.8 Å². The first-order valence-electron chi connectivity index (χ1n) is 20.9. The van der Waals surface area contributed by atoms with E-state index in [9.17, 15) is 43.8 Å². The molecule has 0 aromatic heterocycles. The van der Waals surface area contributed by atoms with Crippen molar-refractivity contribution in [3.63, 3.8) is 0 Å². The lowest BCUT2D eigenvalue weighted by atomic mass is 10.0. The Morgan fingerprint density at radius 2 is 0.893 bits per heavy atom. The van der Waals surface area contributed by atoms with Gasteiger partial charge < -0.3 is 46.1 Å². The van der Waals surface area contributed by atoms with Gasteiger partial charge in [-0.1, -0.05) is 103 Å². The van der Waals surface area contributed by atoms with E-state index in [2.05, 4.69) is 21.3 Å². The van der Waals surface area contributed by atoms with E-state index in [0.717, 1.165) is 57.8 Å². The van der Waals surface area contributed by atoms with E-state index in [4.69, 9.17) is 14.6 Å². The SMILES string of the molecule is CCCCNC(=O)COCCOCCNC(=O)C(CCC(=O)O)NC(=O)[C@H](CCC(=O)O)NC(=O)CCCCCCCCCCCCCCCCCCC(=O)O. The lowest BCUT2D eigenvalue weighted by Crippen LogP contribution is -2.54. The van der Waals surface area contributed by atoms with Crippen LogP contribution in [-0.4, -0.2) is 108 Å². The quantitative estimate of drug-likeness (QED) is 0.0411. The van der Waals surface area contributed by atoms with Crippen LogP contribution in [0.2, 0.25) is 0 Å². The second-order valence-corrected chi connectivity index (χ2v) is 14.3. The van der Waals surface area contributed by atoms with Crippen molar-refractivity contribution >= 4 is 41.5 Å². The fourth-order valence-electron chi connectivity index (χ4n) is 5.86. The number of amides is 4. The molecular formula is C40H72N4O12. The summed E-state index contributed by atoms with van der Waals surface area (Å²) in [6, 6.07) is -2.46. The highest BCUT2D eigenvalue weighted by atomic mass is 16.5. The Labute approximate surface area is 333 Å². The van der Waals surface area contributed by atoms with Crippen molar-refractivity contribution in [3.05, 3.63) is 0 Å². The third-order valence-corrected chi connectivity index (χ3v) is 9.13. The molecule has 0 aliphatic carbocycles. The average molecular weight is 801 g/mol. The molecule has 56 heavy (non-hydrogen) atoms. The number of nitrogens with one attached hydrogen (secondary N) is 4. The van der Waals surface area contributed by atoms with E-state index >= 15 is 0 Å². The van der Waals surface area contributed by atoms with E-state index < -0.39 is 60.6 Å². The minimum atomic E-state index is -1.24. The summed E-state index contributed by atoms with van der Waals surface area (Å²) in [5, 5.41) is 37.4. The zero-order chi connectivity index (χ0) is 41.7. The molecule has 0 aliphatic heterocycles. The number of carboxylic acid groups (broad SMARTS) is 3. The lowest BCUT2D eigenvalue weighted by molar-refractivity contribution is -0.139. The smallest absolute Gasteiger partial charge is 0.303 e. The van der Waals surface area contributed by atoms with Crippen LogP contribution in [0, 0.1) is 0 Å². The fraction of sp³-hybridized carbons (Fsp3) is 0.825. The van der Waals surface area contributed by atoms with Crippen molar-refractivity contribution in [2.75, 3.05) is 39.5 Å². The fourth-order valence-corrected chi connectivity index (χ4v) is 5.86. The number of hydrogen-bond donors (Lipinski definition) is 7. The number of rotatable bonds is 40. The van der Waals surface area contributed by atoms with Gasteiger partial charge in [0.2, 0.25) is 23.6 Å². The molecule has 4 amide bonds. The second-order valence-electron chi connectivity index (χ2n) is 14.3. The minimum Gasteiger partial charge on any atom is -0.481 e. The molecule has 0 saturated heterocycles. The summed E-state index contributed by atoms with van der Waals surface area (Å²) in [5.41, 5.74) is 0. The van der Waals surface area contributed by atoms with Crippen molar-refractivity contribution < 1.29 is 58.4 Å². The number of hydrogen-bond acceptors (Lipinski definition) is 9. The standard InChI is InChI=1S/C40H72N4O12/c1-2-3-26-41-35(46)31-56-30-29-55-28-27-42-39(53)32(22-24-37(49)50)44-40(54)33(23-25-38(51)52)43-34(45)20-18-16-14-12-10-8-6-4-5-7-9-11-13-15-17-19-21-36(47)48/h32-33H,2-31H2,1H3,(H,41,46)(H,42,53)(H,43,45)(H,44,54)(H,47,48)(H,49,50)(H,51,52)/t32?,33-/m0/s1. The summed E-state index contributed by atoms with van der Waals surface area (Å²) in [4.78, 5) is 83.4. The maximum absolute atomic E-state index is 13.2. The van der Waals surface area contributed by atoms with Crippen molar-refractivity contribution in [1.82, 2.24) is 21.3 Å². The molecule has 0 aromatic carbocycles. The van der Waals surface area contributed by atoms with Gasteiger partial charge >= 0.3 is 17.9 Å². The summed E-state index contributed by atoms with van der Waals surface area (Å²) in [6.07, 6.45) is 18.4. The Balaban J connectivity index is 4.41. The highest BCUT2D eigenvalue weighted by molar-refractivity contribution is 5.92. The maximum atomic E-state index is 13.2. The summed E-state index contributed by atoms with van der Waals surface area (Å²) in [7, 11) is 0. The molecule has 0 aliphatic rings. The summed E-state index contributed by atoms with van der Waals surface area (Å²) >= 11 is 0. The summed E-state index contributed by atoms with van der Waals surface area (Å²) < 4.78 is 10.6. The van der Waals surface area contributed by atoms with Gasteiger partial charge in [0.1, 0.15) is 18.7 Å². The maximum Gasteiger partial charge on any atom is 0.303 e. The van der Waals surface area contributed by atoms with Crippen LogP contribution >= 0.6 is 0 Å². The van der Waals surface area contributed by atoms with E-state index in [0.29, 0.717) is 13.0 Å². The second kappa shape index (κ2) is 36.8. The average Bonchev–Trinajstić information content (AvgIpc) is 3.15. The molecule has 0 aromatic rings. The highest BCUT2D eigenvalue weighted by Gasteiger charge is 2.27. The Morgan fingerprint density at radius 3 is 1.38 bits per heavy atom. The Morgan fingerprint density at radius 1 is 0.446 bits per heavy atom. The van der Waals surface area contributed by atoms with E-state index in [1.807, 2.05) is 6.92 Å². The van der Waals surface area contributed by atoms with Crippen LogP contribution in [-0.2, 0) is 43.0 Å². The van der Waals surface area contributed by atoms with Crippen LogP contribution < -0.4 is 21.3 Å². The van der Waals surface area contributed by atoms with Crippen molar-refractivity contribution in [3.8, 4) is 0 Å². The molecule has 0 rings (SSSR count). The molecule has 2 atom stereocenters. The first-order chi connectivity index (χ1) is 27.0. The van der Waals surface area contributed by atoms with Crippen LogP contribution in [0.25, 0.3) is 0 Å². The number of carbonyl (C=O) groups is 7. The Kier molecular flexibility index (Phi) is 34.3. The predicted molar refractivity (Wildman–Crippen MR) is 211 cm³/mol. The normalized spacial score (nSPS) is 12.0. The largest absolute Gasteiger partial charge is 0.481 e. The van der Waals surface area contributed by atoms with Crippen molar-refractivity contribution in [2.45, 2.75) is 173 Å². The van der Waals surface area contributed by atoms with Crippen LogP contribution in [0.4, 0.5) is 0 Å². The lowest BCUT2D eigenvalue weighted by Gasteiger charge is -2.23. The molecular weight excluding hydrogens is 728 g/mol. The van der Waals surface area contributed by atoms with Gasteiger partial charge in [-0.05, 0) is 32.1 Å². The van der Waals surface area contributed by atoms with Crippen LogP contribution in [0.3, 0.4) is 0 Å². The monoisotopic (exact) mass is 801 g/mol. The van der Waals surface area contributed by atoms with Crippen molar-refractivity contribution in [1.29, 1.82) is 0 Å². The predicted octanol–water partition coefficient (Wildman–Crippen LogP) is 4.86. The zero-order valence-electron chi connectivity index (χ0n) is 33.9. The third-order valence-electron chi connectivity index (χ3n) is 9.13. The number of carbonyl (C=O) groups excluding carboxylic acids is 4. The van der Waals surface area contributed by atoms with Gasteiger partial charge in [0.05, 0.1) is 19.8 Å². The van der Waals surface area contributed by atoms with Crippen LogP contribution in [0.5, 0.6) is 0 Å². The molecule has 0 heterocycles. The van der Waals surface area contributed by atoms with Gasteiger partial charge in [0.15, 0.2) is 0 Å². The number of unbranched alkanes of at least 4 members (excludes halogenated alkanes) is 16. The minimum absolute atomic E-state index is 0.0523. The molecule has 0 saturated carbocycles. The zero-order valence-corrected chi connectivity index (χ0v) is 33.9. The Bertz CT molecular complexity index is 1110. The molecule has 0 spiro atoms. The number of carboxylic acids is 3. The van der Waals surface area contributed by atoms with E-state index in [-0.39, 0.29) is 64.6 Å². The van der Waals surface area contributed by atoms with Gasteiger partial charge in [-0.2, -0.15) is 0 Å². The van der Waals surface area contributed by atoms with Crippen LogP contribution in [0.1, 0.15) is 161 Å². The first kappa shape index (κ1) is 52.2. The first-order valence-corrected chi connectivity index (χ1v) is 20.9. The summed E-state index contributed by atoms with van der Waals surface area (Å²) in [6.45, 7) is 3.01. The van der Waals surface area contributed by atoms with E-state index in [1.165, 1.54) is 51.4 Å². The number of ether oxygens (including phenoxy) is 2. The van der Waals surface area contributed by atoms with Gasteiger partial charge in [-0.3, -0.25) is 33.6 Å². The molecule has 0 radical (unpaired) electrons. The third kappa shape index (κ3) is 34.7.